The third-order valence-electron chi connectivity index (χ3n) is 5.91. The molecule has 1 spiro atoms. The lowest BCUT2D eigenvalue weighted by atomic mass is 9.92. The lowest BCUT2D eigenvalue weighted by molar-refractivity contribution is -0.138. The van der Waals surface area contributed by atoms with Crippen molar-refractivity contribution in [3.05, 3.63) is 0 Å². The lowest BCUT2D eigenvalue weighted by Gasteiger charge is -2.47. The zero-order chi connectivity index (χ0) is 14.4. The highest BCUT2D eigenvalue weighted by Crippen LogP contribution is 2.48. The molecule has 2 saturated heterocycles. The minimum absolute atomic E-state index is 0.341. The summed E-state index contributed by atoms with van der Waals surface area (Å²) in [6.07, 6.45) is 8.24. The van der Waals surface area contributed by atoms with Crippen LogP contribution < -0.4 is 0 Å². The van der Waals surface area contributed by atoms with Crippen molar-refractivity contribution in [1.29, 1.82) is 0 Å². The fourth-order valence-corrected chi connectivity index (χ4v) is 5.84. The van der Waals surface area contributed by atoms with Crippen LogP contribution in [0.4, 0.5) is 0 Å². The first-order chi connectivity index (χ1) is 10.2. The van der Waals surface area contributed by atoms with E-state index >= 15 is 0 Å². The Labute approximate surface area is 132 Å². The zero-order valence-electron chi connectivity index (χ0n) is 13.1. The molecule has 4 fully saturated rings. The summed E-state index contributed by atoms with van der Waals surface area (Å²) in [5.74, 6) is 3.36. The molecule has 0 aromatic heterocycles. The maximum Gasteiger partial charge on any atom is 0.226 e. The Morgan fingerprint density at radius 3 is 2.71 bits per heavy atom. The van der Waals surface area contributed by atoms with E-state index in [9.17, 15) is 4.79 Å². The summed E-state index contributed by atoms with van der Waals surface area (Å²) in [6, 6.07) is 0. The molecule has 1 amide bonds. The molecule has 0 bridgehead atoms. The van der Waals surface area contributed by atoms with Crippen molar-refractivity contribution in [3.8, 4) is 0 Å². The first-order valence-electron chi connectivity index (χ1n) is 8.70. The van der Waals surface area contributed by atoms with Gasteiger partial charge in [-0.15, -0.1) is 11.8 Å². The molecular weight excluding hydrogens is 282 g/mol. The molecular formula is C17H27NO2S. The Hall–Kier alpha value is -0.220. The maximum atomic E-state index is 12.2. The number of nitrogens with zero attached hydrogens (tertiary/aromatic N) is 1. The quantitative estimate of drug-likeness (QED) is 0.799. The van der Waals surface area contributed by atoms with Gasteiger partial charge in [-0.1, -0.05) is 19.8 Å². The van der Waals surface area contributed by atoms with Crippen LogP contribution in [0.3, 0.4) is 0 Å². The van der Waals surface area contributed by atoms with Gasteiger partial charge in [0.05, 0.1) is 10.9 Å². The normalized spacial score (nSPS) is 38.0. The van der Waals surface area contributed by atoms with Crippen LogP contribution >= 0.6 is 11.8 Å². The second-order valence-corrected chi connectivity index (χ2v) is 9.31. The topological polar surface area (TPSA) is 29.5 Å². The van der Waals surface area contributed by atoms with Gasteiger partial charge in [0.15, 0.2) is 0 Å². The third kappa shape index (κ3) is 2.86. The fourth-order valence-electron chi connectivity index (χ4n) is 4.29. The maximum absolute atomic E-state index is 12.2. The molecule has 2 aliphatic heterocycles. The summed E-state index contributed by atoms with van der Waals surface area (Å²) < 4.78 is 6.51. The molecule has 2 saturated carbocycles. The van der Waals surface area contributed by atoms with E-state index in [0.717, 1.165) is 44.2 Å². The lowest BCUT2D eigenvalue weighted by Crippen LogP contribution is -2.61. The molecule has 4 aliphatic rings. The van der Waals surface area contributed by atoms with E-state index in [0.29, 0.717) is 28.6 Å². The number of carbonyl (C=O) groups is 1. The zero-order valence-corrected chi connectivity index (χ0v) is 13.9. The van der Waals surface area contributed by atoms with Crippen molar-refractivity contribution in [3.63, 3.8) is 0 Å². The third-order valence-corrected chi connectivity index (χ3v) is 7.49. The smallest absolute Gasteiger partial charge is 0.226 e. The fraction of sp³-hybridized carbons (Fsp3) is 0.941. The highest BCUT2D eigenvalue weighted by molar-refractivity contribution is 8.01. The van der Waals surface area contributed by atoms with Crippen LogP contribution in [0.25, 0.3) is 0 Å². The highest BCUT2D eigenvalue weighted by atomic mass is 32.2. The summed E-state index contributed by atoms with van der Waals surface area (Å²) in [5.41, 5.74) is 0. The van der Waals surface area contributed by atoms with Crippen LogP contribution in [0.2, 0.25) is 0 Å². The number of amides is 1. The summed E-state index contributed by atoms with van der Waals surface area (Å²) in [5, 5.41) is 0. The molecule has 4 rings (SSSR count). The van der Waals surface area contributed by atoms with E-state index in [1.54, 1.807) is 0 Å². The number of ether oxygens (including phenoxy) is 1. The predicted octanol–water partition coefficient (Wildman–Crippen LogP) is 2.94. The number of hydrogen-bond acceptors (Lipinski definition) is 3. The van der Waals surface area contributed by atoms with Gasteiger partial charge in [0.25, 0.3) is 0 Å². The molecule has 0 aromatic rings. The molecule has 21 heavy (non-hydrogen) atoms. The summed E-state index contributed by atoms with van der Waals surface area (Å²) in [7, 11) is 0. The Morgan fingerprint density at radius 2 is 2.05 bits per heavy atom. The van der Waals surface area contributed by atoms with Gasteiger partial charge in [0.2, 0.25) is 5.91 Å². The molecule has 2 aliphatic carbocycles. The Kier molecular flexibility index (Phi) is 3.73. The van der Waals surface area contributed by atoms with E-state index in [4.69, 9.17) is 4.74 Å². The minimum Gasteiger partial charge on any atom is -0.377 e. The summed E-state index contributed by atoms with van der Waals surface area (Å²) in [4.78, 5) is 14.3. The van der Waals surface area contributed by atoms with Gasteiger partial charge in [0, 0.05) is 31.4 Å². The van der Waals surface area contributed by atoms with Crippen molar-refractivity contribution in [2.24, 2.45) is 17.8 Å². The average molecular weight is 309 g/mol. The standard InChI is InChI=1S/C17H27NO2S/c1-12-6-15(12)16(19)18-10-17(11-18)7-14(9-21-17)20-8-13-4-2-3-5-13/h12-15H,2-11H2,1H3. The molecule has 118 valence electrons. The van der Waals surface area contributed by atoms with E-state index < -0.39 is 0 Å². The number of thioether (sulfide) groups is 1. The van der Waals surface area contributed by atoms with Crippen LogP contribution in [0.1, 0.15) is 45.4 Å². The number of hydrogen-bond donors (Lipinski definition) is 0. The minimum atomic E-state index is 0.341. The summed E-state index contributed by atoms with van der Waals surface area (Å²) in [6.45, 7) is 5.12. The van der Waals surface area contributed by atoms with Crippen molar-refractivity contribution < 1.29 is 9.53 Å². The number of likely N-dealkylation sites (tertiary alicyclic amines) is 1. The van der Waals surface area contributed by atoms with Gasteiger partial charge >= 0.3 is 0 Å². The van der Waals surface area contributed by atoms with Crippen molar-refractivity contribution in [2.75, 3.05) is 25.4 Å². The van der Waals surface area contributed by atoms with Gasteiger partial charge in [-0.2, -0.15) is 0 Å². The van der Waals surface area contributed by atoms with Crippen LogP contribution in [0.15, 0.2) is 0 Å². The molecule has 3 unspecified atom stereocenters. The number of rotatable bonds is 4. The van der Waals surface area contributed by atoms with Gasteiger partial charge in [-0.3, -0.25) is 4.79 Å². The van der Waals surface area contributed by atoms with Crippen molar-refractivity contribution in [1.82, 2.24) is 4.90 Å². The number of carbonyl (C=O) groups excluding carboxylic acids is 1. The first kappa shape index (κ1) is 14.4. The van der Waals surface area contributed by atoms with E-state index in [1.807, 2.05) is 0 Å². The molecule has 0 radical (unpaired) electrons. The van der Waals surface area contributed by atoms with E-state index in [-0.39, 0.29) is 0 Å². The van der Waals surface area contributed by atoms with E-state index in [2.05, 4.69) is 23.6 Å². The first-order valence-corrected chi connectivity index (χ1v) is 9.68. The highest BCUT2D eigenvalue weighted by Gasteiger charge is 2.53. The van der Waals surface area contributed by atoms with Gasteiger partial charge in [-0.25, -0.2) is 0 Å². The average Bonchev–Trinajstić information content (AvgIpc) is 2.87. The van der Waals surface area contributed by atoms with Crippen molar-refractivity contribution in [2.45, 2.75) is 56.3 Å². The van der Waals surface area contributed by atoms with Crippen molar-refractivity contribution >= 4 is 17.7 Å². The molecule has 2 heterocycles. The van der Waals surface area contributed by atoms with E-state index in [1.165, 1.54) is 25.7 Å². The second kappa shape index (κ2) is 5.45. The van der Waals surface area contributed by atoms with Gasteiger partial charge < -0.3 is 9.64 Å². The van der Waals surface area contributed by atoms with Crippen LogP contribution in [0, 0.1) is 17.8 Å². The van der Waals surface area contributed by atoms with Gasteiger partial charge in [-0.05, 0) is 37.5 Å². The second-order valence-electron chi connectivity index (χ2n) is 7.82. The van der Waals surface area contributed by atoms with Crippen LogP contribution in [0.5, 0.6) is 0 Å². The van der Waals surface area contributed by atoms with Crippen LogP contribution in [-0.4, -0.2) is 47.1 Å². The molecule has 4 heteroatoms. The monoisotopic (exact) mass is 309 g/mol. The molecule has 0 aromatic carbocycles. The molecule has 3 nitrogen and oxygen atoms in total. The summed E-state index contributed by atoms with van der Waals surface area (Å²) >= 11 is 2.06. The van der Waals surface area contributed by atoms with Crippen LogP contribution in [-0.2, 0) is 9.53 Å². The Morgan fingerprint density at radius 1 is 1.33 bits per heavy atom. The Bertz CT molecular complexity index is 415. The Balaban J connectivity index is 1.21. The molecule has 0 N–H and O–H groups in total. The molecule has 3 atom stereocenters. The van der Waals surface area contributed by atoms with Gasteiger partial charge in [0.1, 0.15) is 0 Å². The largest absolute Gasteiger partial charge is 0.377 e. The predicted molar refractivity (Wildman–Crippen MR) is 85.4 cm³/mol. The SMILES string of the molecule is CC1CC1C(=O)N1CC2(CC(OCC3CCCC3)CS2)C1.